The minimum absolute atomic E-state index is 0.0656. The average Bonchev–Trinajstić information content (AvgIpc) is 2.41. The number of nitrogens with two attached hydrogens (primary N) is 1. The molecular weight excluding hydrogens is 273 g/mol. The summed E-state index contributed by atoms with van der Waals surface area (Å²) < 4.78 is 14.0. The second-order valence-electron chi connectivity index (χ2n) is 4.76. The minimum atomic E-state index is -1.20. The number of halogens is 1. The first-order valence-corrected chi connectivity index (χ1v) is 6.26. The van der Waals surface area contributed by atoms with E-state index in [0.717, 1.165) is 11.8 Å². The van der Waals surface area contributed by atoms with E-state index in [2.05, 4.69) is 5.32 Å². The molecular formula is C15H16FN3O2. The SMILES string of the molecule is CN(C)c1ccccc1Nc1cc(C(=O)O)c(N)cc1F. The lowest BCUT2D eigenvalue weighted by molar-refractivity contribution is 0.0698. The van der Waals surface area contributed by atoms with Gasteiger partial charge in [0.25, 0.3) is 0 Å². The molecule has 0 bridgehead atoms. The molecule has 2 rings (SSSR count). The van der Waals surface area contributed by atoms with Crippen molar-refractivity contribution in [3.63, 3.8) is 0 Å². The van der Waals surface area contributed by atoms with E-state index in [1.54, 1.807) is 6.07 Å². The standard InChI is InChI=1S/C15H16FN3O2/c1-19(2)14-6-4-3-5-12(14)18-13-7-9(15(20)21)11(17)8-10(13)16/h3-8,18H,17H2,1-2H3,(H,20,21). The molecule has 0 fully saturated rings. The van der Waals surface area contributed by atoms with Crippen LogP contribution in [0, 0.1) is 5.82 Å². The van der Waals surface area contributed by atoms with E-state index in [0.29, 0.717) is 5.69 Å². The minimum Gasteiger partial charge on any atom is -0.478 e. The fourth-order valence-corrected chi connectivity index (χ4v) is 1.98. The van der Waals surface area contributed by atoms with Crippen LogP contribution in [-0.4, -0.2) is 25.2 Å². The molecule has 0 aliphatic rings. The van der Waals surface area contributed by atoms with Crippen LogP contribution in [0.3, 0.4) is 0 Å². The van der Waals surface area contributed by atoms with Gasteiger partial charge in [-0.25, -0.2) is 9.18 Å². The quantitative estimate of drug-likeness (QED) is 0.754. The summed E-state index contributed by atoms with van der Waals surface area (Å²) in [5.41, 5.74) is 6.85. The molecule has 0 aromatic heterocycles. The predicted molar refractivity (Wildman–Crippen MR) is 81.8 cm³/mol. The van der Waals surface area contributed by atoms with Crippen LogP contribution >= 0.6 is 0 Å². The third-order valence-electron chi connectivity index (χ3n) is 3.02. The Kier molecular flexibility index (Phi) is 3.98. The van der Waals surface area contributed by atoms with Crippen LogP contribution in [0.1, 0.15) is 10.4 Å². The molecule has 0 saturated carbocycles. The van der Waals surface area contributed by atoms with Crippen molar-refractivity contribution in [1.29, 1.82) is 0 Å². The van der Waals surface area contributed by atoms with Gasteiger partial charge in [0.1, 0.15) is 5.82 Å². The predicted octanol–water partition coefficient (Wildman–Crippen LogP) is 2.92. The van der Waals surface area contributed by atoms with Gasteiger partial charge >= 0.3 is 5.97 Å². The number of nitrogen functional groups attached to an aromatic ring is 1. The Bertz CT molecular complexity index is 687. The highest BCUT2D eigenvalue weighted by Crippen LogP contribution is 2.30. The highest BCUT2D eigenvalue weighted by atomic mass is 19.1. The van der Waals surface area contributed by atoms with Crippen molar-refractivity contribution < 1.29 is 14.3 Å². The lowest BCUT2D eigenvalue weighted by Gasteiger charge is -2.19. The second-order valence-corrected chi connectivity index (χ2v) is 4.76. The van der Waals surface area contributed by atoms with Gasteiger partial charge < -0.3 is 21.1 Å². The number of anilines is 4. The van der Waals surface area contributed by atoms with Gasteiger partial charge in [0.15, 0.2) is 0 Å². The summed E-state index contributed by atoms with van der Waals surface area (Å²) in [6, 6.07) is 9.52. The lowest BCUT2D eigenvalue weighted by atomic mass is 10.1. The molecule has 0 amide bonds. The highest BCUT2D eigenvalue weighted by molar-refractivity contribution is 5.95. The Morgan fingerprint density at radius 2 is 1.90 bits per heavy atom. The van der Waals surface area contributed by atoms with Crippen molar-refractivity contribution in [2.45, 2.75) is 0 Å². The monoisotopic (exact) mass is 289 g/mol. The van der Waals surface area contributed by atoms with Crippen LogP contribution in [0.15, 0.2) is 36.4 Å². The Labute approximate surface area is 121 Å². The zero-order valence-corrected chi connectivity index (χ0v) is 11.7. The summed E-state index contributed by atoms with van der Waals surface area (Å²) in [4.78, 5) is 12.9. The zero-order chi connectivity index (χ0) is 15.6. The first-order chi connectivity index (χ1) is 9.90. The Hall–Kier alpha value is -2.76. The van der Waals surface area contributed by atoms with Gasteiger partial charge in [0, 0.05) is 19.8 Å². The van der Waals surface area contributed by atoms with Crippen molar-refractivity contribution in [2.75, 3.05) is 30.0 Å². The molecule has 5 nitrogen and oxygen atoms in total. The molecule has 4 N–H and O–H groups in total. The van der Waals surface area contributed by atoms with Crippen molar-refractivity contribution >= 4 is 28.7 Å². The van der Waals surface area contributed by atoms with Gasteiger partial charge in [-0.1, -0.05) is 12.1 Å². The molecule has 0 spiro atoms. The molecule has 110 valence electrons. The van der Waals surface area contributed by atoms with Crippen LogP contribution in [0.2, 0.25) is 0 Å². The van der Waals surface area contributed by atoms with Crippen molar-refractivity contribution in [2.24, 2.45) is 0 Å². The molecule has 2 aromatic carbocycles. The Balaban J connectivity index is 2.45. The van der Waals surface area contributed by atoms with Crippen molar-refractivity contribution in [3.05, 3.63) is 47.8 Å². The topological polar surface area (TPSA) is 78.6 Å². The van der Waals surface area contributed by atoms with Gasteiger partial charge in [-0.05, 0) is 24.3 Å². The number of rotatable bonds is 4. The summed E-state index contributed by atoms with van der Waals surface area (Å²) in [6.45, 7) is 0. The zero-order valence-electron chi connectivity index (χ0n) is 11.7. The fourth-order valence-electron chi connectivity index (χ4n) is 1.98. The maximum absolute atomic E-state index is 14.0. The molecule has 0 aliphatic heterocycles. The van der Waals surface area contributed by atoms with Crippen molar-refractivity contribution in [1.82, 2.24) is 0 Å². The molecule has 6 heteroatoms. The van der Waals surface area contributed by atoms with Crippen LogP contribution in [0.25, 0.3) is 0 Å². The van der Waals surface area contributed by atoms with E-state index in [1.807, 2.05) is 37.2 Å². The normalized spacial score (nSPS) is 10.2. The molecule has 0 aliphatic carbocycles. The maximum atomic E-state index is 14.0. The maximum Gasteiger partial charge on any atom is 0.337 e. The third kappa shape index (κ3) is 3.05. The van der Waals surface area contributed by atoms with Crippen LogP contribution in [0.5, 0.6) is 0 Å². The first-order valence-electron chi connectivity index (χ1n) is 6.26. The van der Waals surface area contributed by atoms with Crippen LogP contribution < -0.4 is 16.0 Å². The van der Waals surface area contributed by atoms with E-state index in [9.17, 15) is 9.18 Å². The number of benzene rings is 2. The number of hydrogen-bond acceptors (Lipinski definition) is 4. The second kappa shape index (κ2) is 5.70. The first kappa shape index (κ1) is 14.6. The van der Waals surface area contributed by atoms with Gasteiger partial charge in [0.05, 0.1) is 22.6 Å². The summed E-state index contributed by atoms with van der Waals surface area (Å²) in [7, 11) is 3.73. The number of para-hydroxylation sites is 2. The van der Waals surface area contributed by atoms with Crippen molar-refractivity contribution in [3.8, 4) is 0 Å². The summed E-state index contributed by atoms with van der Waals surface area (Å²) in [5, 5.41) is 12.0. The number of carboxylic acid groups (broad SMARTS) is 1. The van der Waals surface area contributed by atoms with E-state index >= 15 is 0 Å². The summed E-state index contributed by atoms with van der Waals surface area (Å²) >= 11 is 0. The molecule has 0 atom stereocenters. The van der Waals surface area contributed by atoms with Gasteiger partial charge in [-0.3, -0.25) is 0 Å². The molecule has 0 saturated heterocycles. The van der Waals surface area contributed by atoms with E-state index < -0.39 is 11.8 Å². The third-order valence-corrected chi connectivity index (χ3v) is 3.02. The molecule has 2 aromatic rings. The van der Waals surface area contributed by atoms with Gasteiger partial charge in [0.2, 0.25) is 0 Å². The van der Waals surface area contributed by atoms with Crippen LogP contribution in [-0.2, 0) is 0 Å². The smallest absolute Gasteiger partial charge is 0.337 e. The number of carboxylic acids is 1. The summed E-state index contributed by atoms with van der Waals surface area (Å²) in [6.07, 6.45) is 0. The Morgan fingerprint density at radius 3 is 2.52 bits per heavy atom. The number of nitrogens with zero attached hydrogens (tertiary/aromatic N) is 1. The number of aromatic carboxylic acids is 1. The molecule has 21 heavy (non-hydrogen) atoms. The summed E-state index contributed by atoms with van der Waals surface area (Å²) in [5.74, 6) is -1.80. The van der Waals surface area contributed by atoms with E-state index in [-0.39, 0.29) is 16.9 Å². The number of hydrogen-bond donors (Lipinski definition) is 3. The largest absolute Gasteiger partial charge is 0.478 e. The lowest BCUT2D eigenvalue weighted by Crippen LogP contribution is -2.11. The Morgan fingerprint density at radius 1 is 1.24 bits per heavy atom. The van der Waals surface area contributed by atoms with Gasteiger partial charge in [-0.15, -0.1) is 0 Å². The average molecular weight is 289 g/mol. The van der Waals surface area contributed by atoms with Crippen LogP contribution in [0.4, 0.5) is 27.1 Å². The van der Waals surface area contributed by atoms with E-state index in [4.69, 9.17) is 10.8 Å². The fraction of sp³-hybridized carbons (Fsp3) is 0.133. The molecule has 0 unspecified atom stereocenters. The molecule has 0 radical (unpaired) electrons. The number of carbonyl (C=O) groups is 1. The highest BCUT2D eigenvalue weighted by Gasteiger charge is 2.14. The van der Waals surface area contributed by atoms with E-state index in [1.165, 1.54) is 6.07 Å². The molecule has 0 heterocycles. The van der Waals surface area contributed by atoms with Gasteiger partial charge in [-0.2, -0.15) is 0 Å². The number of nitrogens with one attached hydrogen (secondary N) is 1.